The molecule has 1 saturated heterocycles. The largest absolute Gasteiger partial charge is 0.444 e. The molecule has 1 fully saturated rings. The van der Waals surface area contributed by atoms with Crippen molar-refractivity contribution in [3.8, 4) is 0 Å². The number of hydrogen-bond acceptors (Lipinski definition) is 5. The second-order valence-electron chi connectivity index (χ2n) is 6.39. The van der Waals surface area contributed by atoms with Gasteiger partial charge in [-0.25, -0.2) is 14.0 Å². The van der Waals surface area contributed by atoms with Gasteiger partial charge >= 0.3 is 6.09 Å². The number of hydrogen-bond donors (Lipinski definition) is 1. The number of alkyl carbamates (subject to hydrolysis) is 1. The molecule has 0 spiro atoms. The molecule has 1 aliphatic heterocycles. The molecule has 1 atom stereocenters. The number of carbonyl (C=O) groups excluding carboxylic acids is 2. The molecule has 23 heavy (non-hydrogen) atoms. The minimum atomic E-state index is -0.575. The van der Waals surface area contributed by atoms with E-state index >= 15 is 0 Å². The van der Waals surface area contributed by atoms with Crippen molar-refractivity contribution in [3.63, 3.8) is 0 Å². The molecule has 1 heterocycles. The van der Waals surface area contributed by atoms with E-state index < -0.39 is 17.5 Å². The fourth-order valence-electron chi connectivity index (χ4n) is 2.49. The van der Waals surface area contributed by atoms with E-state index in [2.05, 4.69) is 10.3 Å². The van der Waals surface area contributed by atoms with Gasteiger partial charge in [0.05, 0.1) is 11.7 Å². The lowest BCUT2D eigenvalue weighted by molar-refractivity contribution is 0.0509. The van der Waals surface area contributed by atoms with Crippen LogP contribution in [0.5, 0.6) is 0 Å². The van der Waals surface area contributed by atoms with E-state index in [0.29, 0.717) is 25.2 Å². The molecule has 1 N–H and O–H groups in total. The molecule has 2 rings (SSSR count). The highest BCUT2D eigenvalue weighted by Crippen LogP contribution is 2.33. The van der Waals surface area contributed by atoms with Crippen LogP contribution in [0.15, 0.2) is 23.2 Å². The first-order chi connectivity index (χ1) is 10.8. The molecule has 1 amide bonds. The number of benzene rings is 1. The first kappa shape index (κ1) is 17.0. The van der Waals surface area contributed by atoms with Crippen LogP contribution in [0.2, 0.25) is 0 Å². The summed E-state index contributed by atoms with van der Waals surface area (Å²) in [6, 6.07) is 4.38. The molecular weight excluding hydrogens is 301 g/mol. The second kappa shape index (κ2) is 6.79. The molecule has 1 aromatic rings. The molecule has 124 valence electrons. The van der Waals surface area contributed by atoms with E-state index in [4.69, 9.17) is 4.74 Å². The summed E-state index contributed by atoms with van der Waals surface area (Å²) in [5.41, 5.74) is -0.0706. The minimum absolute atomic E-state index is 0.0274. The van der Waals surface area contributed by atoms with E-state index in [1.165, 1.54) is 12.1 Å². The maximum Gasteiger partial charge on any atom is 0.407 e. The lowest BCUT2D eigenvalue weighted by Crippen LogP contribution is -2.40. The molecular formula is C16H20FN3O3. The highest BCUT2D eigenvalue weighted by molar-refractivity contribution is 5.71. The zero-order valence-corrected chi connectivity index (χ0v) is 13.4. The summed E-state index contributed by atoms with van der Waals surface area (Å²) in [4.78, 5) is 27.6. The third-order valence-electron chi connectivity index (χ3n) is 3.37. The quantitative estimate of drug-likeness (QED) is 0.686. The van der Waals surface area contributed by atoms with Crippen LogP contribution in [0.3, 0.4) is 0 Å². The first-order valence-electron chi connectivity index (χ1n) is 7.41. The maximum atomic E-state index is 13.8. The molecule has 1 aliphatic rings. The summed E-state index contributed by atoms with van der Waals surface area (Å²) in [7, 11) is 0. The average molecular weight is 321 g/mol. The minimum Gasteiger partial charge on any atom is -0.444 e. The molecule has 0 radical (unpaired) electrons. The number of halogens is 1. The monoisotopic (exact) mass is 321 g/mol. The molecule has 1 unspecified atom stereocenters. The summed E-state index contributed by atoms with van der Waals surface area (Å²) >= 11 is 0. The van der Waals surface area contributed by atoms with E-state index in [1.807, 2.05) is 4.90 Å². The van der Waals surface area contributed by atoms with Gasteiger partial charge in [0.2, 0.25) is 6.08 Å². The van der Waals surface area contributed by atoms with Crippen molar-refractivity contribution in [2.75, 3.05) is 18.0 Å². The number of ether oxygens (including phenoxy) is 1. The molecule has 0 aliphatic carbocycles. The smallest absolute Gasteiger partial charge is 0.407 e. The maximum absolute atomic E-state index is 13.8. The van der Waals surface area contributed by atoms with Crippen molar-refractivity contribution in [2.45, 2.75) is 38.8 Å². The predicted octanol–water partition coefficient (Wildman–Crippen LogP) is 2.90. The Morgan fingerprint density at radius 1 is 1.48 bits per heavy atom. The third-order valence-corrected chi connectivity index (χ3v) is 3.37. The van der Waals surface area contributed by atoms with E-state index in [0.717, 1.165) is 0 Å². The predicted molar refractivity (Wildman–Crippen MR) is 84.2 cm³/mol. The van der Waals surface area contributed by atoms with Gasteiger partial charge in [-0.15, -0.1) is 0 Å². The Balaban J connectivity index is 2.05. The Morgan fingerprint density at radius 2 is 2.22 bits per heavy atom. The lowest BCUT2D eigenvalue weighted by atomic mass is 10.2. The van der Waals surface area contributed by atoms with Crippen LogP contribution in [0.4, 0.5) is 20.6 Å². The number of carbonyl (C=O) groups is 1. The van der Waals surface area contributed by atoms with Crippen LogP contribution in [0, 0.1) is 5.82 Å². The van der Waals surface area contributed by atoms with Crippen LogP contribution in [0.1, 0.15) is 27.2 Å². The Morgan fingerprint density at radius 3 is 2.87 bits per heavy atom. The zero-order valence-electron chi connectivity index (χ0n) is 13.4. The van der Waals surface area contributed by atoms with Crippen molar-refractivity contribution >= 4 is 23.5 Å². The fourth-order valence-corrected chi connectivity index (χ4v) is 2.49. The van der Waals surface area contributed by atoms with Crippen LogP contribution >= 0.6 is 0 Å². The van der Waals surface area contributed by atoms with Crippen molar-refractivity contribution < 1.29 is 18.7 Å². The SMILES string of the molecule is CC(C)(C)OC(=O)NC1CCN(c2cccc(F)c2N=C=O)C1. The van der Waals surface area contributed by atoms with E-state index in [9.17, 15) is 14.0 Å². The second-order valence-corrected chi connectivity index (χ2v) is 6.39. The van der Waals surface area contributed by atoms with Crippen molar-refractivity contribution in [2.24, 2.45) is 4.99 Å². The number of isocyanates is 1. The van der Waals surface area contributed by atoms with Gasteiger partial charge in [0.1, 0.15) is 11.3 Å². The first-order valence-corrected chi connectivity index (χ1v) is 7.41. The number of nitrogens with one attached hydrogen (secondary N) is 1. The number of rotatable bonds is 3. The Kier molecular flexibility index (Phi) is 5.01. The van der Waals surface area contributed by atoms with Gasteiger partial charge in [0, 0.05) is 13.1 Å². The fraction of sp³-hybridized carbons (Fsp3) is 0.500. The molecule has 6 nitrogen and oxygen atoms in total. The molecule has 1 aromatic carbocycles. The lowest BCUT2D eigenvalue weighted by Gasteiger charge is -2.23. The molecule has 0 aromatic heterocycles. The van der Waals surface area contributed by atoms with Crippen LogP contribution in [0.25, 0.3) is 0 Å². The van der Waals surface area contributed by atoms with Crippen molar-refractivity contribution in [1.82, 2.24) is 5.32 Å². The summed E-state index contributed by atoms with van der Waals surface area (Å²) in [5, 5.41) is 2.80. The van der Waals surface area contributed by atoms with Gasteiger partial charge in [-0.05, 0) is 39.3 Å². The number of nitrogens with zero attached hydrogens (tertiary/aromatic N) is 2. The Hall–Kier alpha value is -2.40. The van der Waals surface area contributed by atoms with Crippen molar-refractivity contribution in [3.05, 3.63) is 24.0 Å². The van der Waals surface area contributed by atoms with Gasteiger partial charge in [0.25, 0.3) is 0 Å². The molecule has 0 saturated carbocycles. The van der Waals surface area contributed by atoms with Crippen LogP contribution < -0.4 is 10.2 Å². The standard InChI is InChI=1S/C16H20FN3O3/c1-16(2,3)23-15(22)19-11-7-8-20(9-11)13-6-4-5-12(17)14(13)18-10-21/h4-6,11H,7-9H2,1-3H3,(H,19,22). The van der Waals surface area contributed by atoms with Crippen LogP contribution in [-0.2, 0) is 9.53 Å². The van der Waals surface area contributed by atoms with Gasteiger partial charge in [-0.1, -0.05) is 6.07 Å². The Bertz CT molecular complexity index is 636. The zero-order chi connectivity index (χ0) is 17.0. The number of anilines is 1. The summed E-state index contributed by atoms with van der Waals surface area (Å²) < 4.78 is 19.0. The van der Waals surface area contributed by atoms with Gasteiger partial charge < -0.3 is 15.0 Å². The summed E-state index contributed by atoms with van der Waals surface area (Å²) in [6.07, 6.45) is 1.59. The number of aliphatic imine (C=N–C) groups is 1. The molecule has 7 heteroatoms. The average Bonchev–Trinajstić information content (AvgIpc) is 2.87. The number of amides is 1. The van der Waals surface area contributed by atoms with Gasteiger partial charge in [-0.2, -0.15) is 4.99 Å². The third kappa shape index (κ3) is 4.53. The van der Waals surface area contributed by atoms with E-state index in [1.54, 1.807) is 32.9 Å². The van der Waals surface area contributed by atoms with Gasteiger partial charge in [0.15, 0.2) is 5.82 Å². The number of para-hydroxylation sites is 1. The van der Waals surface area contributed by atoms with Crippen LogP contribution in [-0.4, -0.2) is 36.9 Å². The van der Waals surface area contributed by atoms with Crippen molar-refractivity contribution in [1.29, 1.82) is 0 Å². The normalized spacial score (nSPS) is 17.6. The highest BCUT2D eigenvalue weighted by atomic mass is 19.1. The van der Waals surface area contributed by atoms with Gasteiger partial charge in [-0.3, -0.25) is 0 Å². The topological polar surface area (TPSA) is 71.0 Å². The van der Waals surface area contributed by atoms with E-state index in [-0.39, 0.29) is 11.7 Å². The summed E-state index contributed by atoms with van der Waals surface area (Å²) in [6.45, 7) is 6.49. The summed E-state index contributed by atoms with van der Waals surface area (Å²) in [5.74, 6) is -0.575. The molecule has 0 bridgehead atoms. The highest BCUT2D eigenvalue weighted by Gasteiger charge is 2.28. The Labute approximate surface area is 134 Å².